The first-order valence-corrected chi connectivity index (χ1v) is 3.81. The molecule has 60 valence electrons. The molecule has 0 amide bonds. The van der Waals surface area contributed by atoms with Crippen LogP contribution in [-0.2, 0) is 0 Å². The van der Waals surface area contributed by atoms with Gasteiger partial charge in [-0.3, -0.25) is 0 Å². The van der Waals surface area contributed by atoms with Gasteiger partial charge in [-0.2, -0.15) is 4.73 Å². The first kappa shape index (κ1) is 5.94. The summed E-state index contributed by atoms with van der Waals surface area (Å²) >= 11 is 0. The summed E-state index contributed by atoms with van der Waals surface area (Å²) in [5, 5.41) is 1.15. The number of benzene rings is 1. The molecular formula is C9H7NO2. The number of hydrogen-bond donors (Lipinski definition) is 0. The number of ether oxygens (including phenoxy) is 1. The van der Waals surface area contributed by atoms with Gasteiger partial charge in [-0.1, -0.05) is 0 Å². The van der Waals surface area contributed by atoms with Crippen LogP contribution in [-0.4, -0.2) is 11.5 Å². The molecule has 0 N–H and O–H groups in total. The van der Waals surface area contributed by atoms with Gasteiger partial charge in [-0.05, 0) is 24.3 Å². The average molecular weight is 161 g/mol. The fraction of sp³-hybridized carbons (Fsp3) is 0.111. The summed E-state index contributed by atoms with van der Waals surface area (Å²) in [7, 11) is 0. The lowest BCUT2D eigenvalue weighted by Crippen LogP contribution is -2.17. The highest BCUT2D eigenvalue weighted by Gasteiger charge is 2.06. The van der Waals surface area contributed by atoms with Crippen LogP contribution in [0.5, 0.6) is 5.75 Å². The van der Waals surface area contributed by atoms with Crippen molar-refractivity contribution in [2.45, 2.75) is 0 Å². The first-order chi connectivity index (χ1) is 5.93. The van der Waals surface area contributed by atoms with Gasteiger partial charge >= 0.3 is 0 Å². The largest absolute Gasteiger partial charge is 0.455 e. The van der Waals surface area contributed by atoms with E-state index in [1.165, 1.54) is 0 Å². The fourth-order valence-electron chi connectivity index (χ4n) is 1.45. The predicted octanol–water partition coefficient (Wildman–Crippen LogP) is 1.42. The normalized spacial score (nSPS) is 14.0. The van der Waals surface area contributed by atoms with Gasteiger partial charge in [0.15, 0.2) is 0 Å². The minimum absolute atomic E-state index is 0.275. The maximum absolute atomic E-state index is 5.29. The minimum atomic E-state index is 0.275. The number of rotatable bonds is 0. The zero-order chi connectivity index (χ0) is 7.97. The van der Waals surface area contributed by atoms with E-state index in [2.05, 4.69) is 0 Å². The van der Waals surface area contributed by atoms with Gasteiger partial charge in [0.2, 0.25) is 0 Å². The Labute approximate surface area is 69.1 Å². The Hall–Kier alpha value is -1.64. The molecule has 0 fully saturated rings. The molecule has 2 aliphatic rings. The maximum Gasteiger partial charge on any atom is 0.253 e. The summed E-state index contributed by atoms with van der Waals surface area (Å²) in [5.41, 5.74) is 1.09. The molecule has 3 heterocycles. The second kappa shape index (κ2) is 1.94. The molecule has 12 heavy (non-hydrogen) atoms. The SMILES string of the molecule is c1cc2c3ccn2OCOc1c3. The number of fused-ring (bicyclic) bond motifs is 3. The van der Waals surface area contributed by atoms with E-state index in [-0.39, 0.29) is 6.79 Å². The summed E-state index contributed by atoms with van der Waals surface area (Å²) in [5.74, 6) is 0.861. The molecule has 4 bridgehead atoms. The molecule has 4 rings (SSSR count). The van der Waals surface area contributed by atoms with Crippen molar-refractivity contribution in [1.29, 1.82) is 0 Å². The Balaban J connectivity index is 2.47. The average Bonchev–Trinajstić information content (AvgIpc) is 2.44. The zero-order valence-electron chi connectivity index (χ0n) is 6.36. The molecule has 0 atom stereocenters. The van der Waals surface area contributed by atoms with Crippen LogP contribution in [0.4, 0.5) is 0 Å². The van der Waals surface area contributed by atoms with Gasteiger partial charge in [0.05, 0.1) is 5.52 Å². The molecular weight excluding hydrogens is 154 g/mol. The van der Waals surface area contributed by atoms with Crippen molar-refractivity contribution in [3.8, 4) is 5.75 Å². The third kappa shape index (κ3) is 0.652. The van der Waals surface area contributed by atoms with Crippen molar-refractivity contribution in [3.63, 3.8) is 0 Å². The van der Waals surface area contributed by atoms with Gasteiger partial charge in [0, 0.05) is 11.6 Å². The van der Waals surface area contributed by atoms with E-state index in [0.29, 0.717) is 0 Å². The Kier molecular flexibility index (Phi) is 0.961. The van der Waals surface area contributed by atoms with Gasteiger partial charge in [-0.15, -0.1) is 0 Å². The topological polar surface area (TPSA) is 23.4 Å². The van der Waals surface area contributed by atoms with E-state index in [4.69, 9.17) is 9.57 Å². The highest BCUT2D eigenvalue weighted by molar-refractivity contribution is 5.81. The van der Waals surface area contributed by atoms with E-state index in [1.54, 1.807) is 4.73 Å². The van der Waals surface area contributed by atoms with E-state index >= 15 is 0 Å². The summed E-state index contributed by atoms with van der Waals surface area (Å²) in [6, 6.07) is 7.95. The Bertz CT molecular complexity index is 433. The molecule has 1 aromatic carbocycles. The van der Waals surface area contributed by atoms with Gasteiger partial charge in [0.25, 0.3) is 6.79 Å². The summed E-state index contributed by atoms with van der Waals surface area (Å²) in [4.78, 5) is 5.28. The predicted molar refractivity (Wildman–Crippen MR) is 44.0 cm³/mol. The van der Waals surface area contributed by atoms with E-state index in [9.17, 15) is 0 Å². The molecule has 2 aliphatic heterocycles. The van der Waals surface area contributed by atoms with E-state index in [0.717, 1.165) is 16.7 Å². The first-order valence-electron chi connectivity index (χ1n) is 3.81. The van der Waals surface area contributed by atoms with Crippen LogP contribution in [0.1, 0.15) is 0 Å². The van der Waals surface area contributed by atoms with Crippen molar-refractivity contribution in [2.75, 3.05) is 6.79 Å². The highest BCUT2D eigenvalue weighted by atomic mass is 16.8. The smallest absolute Gasteiger partial charge is 0.253 e. The quantitative estimate of drug-likeness (QED) is 0.583. The van der Waals surface area contributed by atoms with Crippen molar-refractivity contribution < 1.29 is 9.57 Å². The summed E-state index contributed by atoms with van der Waals surface area (Å²) < 4.78 is 7.01. The summed E-state index contributed by atoms with van der Waals surface area (Å²) in [6.45, 7) is 0.275. The molecule has 0 radical (unpaired) electrons. The van der Waals surface area contributed by atoms with Gasteiger partial charge in [-0.25, -0.2) is 0 Å². The van der Waals surface area contributed by atoms with Crippen LogP contribution in [0.15, 0.2) is 30.5 Å². The molecule has 3 nitrogen and oxygen atoms in total. The molecule has 3 heteroatoms. The molecule has 0 spiro atoms. The second-order valence-electron chi connectivity index (χ2n) is 2.75. The fourth-order valence-corrected chi connectivity index (χ4v) is 1.45. The zero-order valence-corrected chi connectivity index (χ0v) is 6.36. The monoisotopic (exact) mass is 161 g/mol. The molecule has 0 saturated heterocycles. The third-order valence-electron chi connectivity index (χ3n) is 2.04. The molecule has 0 aliphatic carbocycles. The van der Waals surface area contributed by atoms with Crippen LogP contribution in [0.3, 0.4) is 0 Å². The van der Waals surface area contributed by atoms with Crippen LogP contribution < -0.4 is 9.57 Å². The minimum Gasteiger partial charge on any atom is -0.455 e. The van der Waals surface area contributed by atoms with Crippen molar-refractivity contribution in [1.82, 2.24) is 4.73 Å². The standard InChI is InChI=1S/C9H7NO2/c1-2-9-7-3-4-10(9)12-6-11-8(1)5-7/h1-5H,6H2. The van der Waals surface area contributed by atoms with Crippen LogP contribution in [0.2, 0.25) is 0 Å². The second-order valence-corrected chi connectivity index (χ2v) is 2.75. The lowest BCUT2D eigenvalue weighted by Gasteiger charge is -2.13. The Morgan fingerprint density at radius 2 is 2.25 bits per heavy atom. The lowest BCUT2D eigenvalue weighted by molar-refractivity contribution is 0.00848. The van der Waals surface area contributed by atoms with Gasteiger partial charge in [0.1, 0.15) is 5.75 Å². The van der Waals surface area contributed by atoms with Crippen LogP contribution in [0, 0.1) is 0 Å². The molecule has 2 aromatic rings. The Morgan fingerprint density at radius 1 is 1.25 bits per heavy atom. The Morgan fingerprint density at radius 3 is 3.25 bits per heavy atom. The molecule has 0 saturated carbocycles. The number of aromatic nitrogens is 1. The number of hydrogen-bond acceptors (Lipinski definition) is 2. The van der Waals surface area contributed by atoms with Crippen LogP contribution >= 0.6 is 0 Å². The van der Waals surface area contributed by atoms with Gasteiger partial charge < -0.3 is 9.57 Å². The molecule has 1 aromatic heterocycles. The van der Waals surface area contributed by atoms with Crippen molar-refractivity contribution in [2.24, 2.45) is 0 Å². The van der Waals surface area contributed by atoms with Crippen molar-refractivity contribution >= 4 is 10.9 Å². The van der Waals surface area contributed by atoms with E-state index in [1.807, 2.05) is 30.5 Å². The van der Waals surface area contributed by atoms with E-state index < -0.39 is 0 Å². The van der Waals surface area contributed by atoms with Crippen LogP contribution in [0.25, 0.3) is 10.9 Å². The molecule has 0 unspecified atom stereocenters. The summed E-state index contributed by atoms with van der Waals surface area (Å²) in [6.07, 6.45) is 1.89. The maximum atomic E-state index is 5.29. The number of nitrogens with zero attached hydrogens (tertiary/aromatic N) is 1. The highest BCUT2D eigenvalue weighted by Crippen LogP contribution is 2.22. The van der Waals surface area contributed by atoms with Crippen molar-refractivity contribution in [3.05, 3.63) is 30.5 Å². The third-order valence-corrected chi connectivity index (χ3v) is 2.04. The lowest BCUT2D eigenvalue weighted by atomic mass is 10.2.